The van der Waals surface area contributed by atoms with Crippen LogP contribution in [0.25, 0.3) is 0 Å². The van der Waals surface area contributed by atoms with Crippen LogP contribution in [-0.2, 0) is 40.3 Å². The molecule has 0 unspecified atom stereocenters. The zero-order valence-corrected chi connectivity index (χ0v) is 39.7. The summed E-state index contributed by atoms with van der Waals surface area (Å²) < 4.78 is 39.7. The van der Waals surface area contributed by atoms with Gasteiger partial charge in [-0.2, -0.15) is 0 Å². The molecule has 0 saturated carbocycles. The summed E-state index contributed by atoms with van der Waals surface area (Å²) in [5.41, 5.74) is -3.99. The van der Waals surface area contributed by atoms with Crippen LogP contribution in [0.15, 0.2) is 18.3 Å². The van der Waals surface area contributed by atoms with Crippen molar-refractivity contribution in [2.75, 3.05) is 40.8 Å². The van der Waals surface area contributed by atoms with E-state index < -0.39 is 102 Å². The molecule has 3 fully saturated rings. The summed E-state index contributed by atoms with van der Waals surface area (Å²) in [6.45, 7) is 18.6. The maximum absolute atomic E-state index is 14.4. The zero-order valence-electron chi connectivity index (χ0n) is 39.7. The summed E-state index contributed by atoms with van der Waals surface area (Å²) in [6, 6.07) is 2.52. The third-order valence-electron chi connectivity index (χ3n) is 14.0. The minimum Gasteiger partial charge on any atom is -0.459 e. The fraction of sp³-hybridized carbons (Fsp3) is 0.867. The predicted molar refractivity (Wildman–Crippen MR) is 231 cm³/mol. The molecule has 4 rings (SSSR count). The molecule has 1 amide bonds. The standard InChI is InChI=1S/C45H80N4O13/c1-15-33-45(10,56)37(51)29(6)49(13)24-25(2)22-43(8,55)39(27(4)36(28(5)41(54)60-33)61-34-23-44(9,57-14)38(52)30(7)59-34)62-42-35(50)32(21-26(3)58-42)48(12)20-18-46-40(53)31-17-16-19-47(31)11/h16-17,19,25-30,32-39,42,50-52,55-56H,15,18,20-24H2,1-14H3,(H,46,53)/t25-,26-,27+,28-,29-,30+,32+,33-,34+,35-,36+,37-,38+,39-,42+,43-,44-,45-/m1/s1. The van der Waals surface area contributed by atoms with Crippen LogP contribution in [0.5, 0.6) is 0 Å². The van der Waals surface area contributed by atoms with Crippen LogP contribution < -0.4 is 5.32 Å². The van der Waals surface area contributed by atoms with Gasteiger partial charge in [-0.1, -0.05) is 20.8 Å². The minimum absolute atomic E-state index is 0.100. The Kier molecular flexibility index (Phi) is 18.0. The number of hydrogen-bond acceptors (Lipinski definition) is 15. The largest absolute Gasteiger partial charge is 0.459 e. The Hall–Kier alpha value is -2.26. The van der Waals surface area contributed by atoms with Crippen LogP contribution in [0.1, 0.15) is 105 Å². The number of esters is 1. The average molecular weight is 885 g/mol. The van der Waals surface area contributed by atoms with E-state index in [1.807, 2.05) is 37.7 Å². The van der Waals surface area contributed by atoms with Crippen LogP contribution in [0.4, 0.5) is 0 Å². The molecule has 18 atom stereocenters. The topological polar surface area (TPSA) is 214 Å². The number of aryl methyl sites for hydroxylation is 1. The van der Waals surface area contributed by atoms with E-state index in [9.17, 15) is 35.1 Å². The monoisotopic (exact) mass is 885 g/mol. The number of carbonyl (C=O) groups is 2. The second-order valence-corrected chi connectivity index (χ2v) is 19.4. The molecule has 17 nitrogen and oxygen atoms in total. The van der Waals surface area contributed by atoms with Gasteiger partial charge >= 0.3 is 5.97 Å². The first-order chi connectivity index (χ1) is 28.8. The van der Waals surface area contributed by atoms with Crippen LogP contribution in [0.2, 0.25) is 0 Å². The summed E-state index contributed by atoms with van der Waals surface area (Å²) in [4.78, 5) is 31.1. The van der Waals surface area contributed by atoms with E-state index in [-0.39, 0.29) is 37.2 Å². The number of amides is 1. The summed E-state index contributed by atoms with van der Waals surface area (Å²) >= 11 is 0. The molecule has 62 heavy (non-hydrogen) atoms. The number of aromatic nitrogens is 1. The van der Waals surface area contributed by atoms with Crippen molar-refractivity contribution in [2.45, 2.75) is 185 Å². The highest BCUT2D eigenvalue weighted by atomic mass is 16.7. The Bertz CT molecular complexity index is 1600. The maximum Gasteiger partial charge on any atom is 0.311 e. The number of hydrogen-bond donors (Lipinski definition) is 6. The number of aliphatic hydroxyl groups excluding tert-OH is 3. The summed E-state index contributed by atoms with van der Waals surface area (Å²) in [6.07, 6.45) is -7.31. The van der Waals surface area contributed by atoms with Crippen molar-refractivity contribution < 1.29 is 63.5 Å². The summed E-state index contributed by atoms with van der Waals surface area (Å²) in [7, 11) is 7.00. The van der Waals surface area contributed by atoms with Crippen molar-refractivity contribution in [3.63, 3.8) is 0 Å². The minimum atomic E-state index is -1.83. The lowest BCUT2D eigenvalue weighted by molar-refractivity contribution is -0.318. The smallest absolute Gasteiger partial charge is 0.311 e. The molecular formula is C45H80N4O13. The van der Waals surface area contributed by atoms with Gasteiger partial charge in [-0.25, -0.2) is 0 Å². The van der Waals surface area contributed by atoms with Crippen LogP contribution in [0, 0.1) is 17.8 Å². The van der Waals surface area contributed by atoms with Crippen molar-refractivity contribution in [1.82, 2.24) is 19.7 Å². The van der Waals surface area contributed by atoms with Crippen LogP contribution in [0.3, 0.4) is 0 Å². The maximum atomic E-state index is 14.4. The average Bonchev–Trinajstić information content (AvgIpc) is 3.64. The van der Waals surface area contributed by atoms with Crippen molar-refractivity contribution in [3.8, 4) is 0 Å². The van der Waals surface area contributed by atoms with E-state index in [1.165, 1.54) is 14.0 Å². The van der Waals surface area contributed by atoms with E-state index in [4.69, 9.17) is 28.4 Å². The van der Waals surface area contributed by atoms with Gasteiger partial charge in [0.25, 0.3) is 5.91 Å². The number of ether oxygens (including phenoxy) is 6. The molecule has 4 heterocycles. The van der Waals surface area contributed by atoms with Crippen LogP contribution in [-0.4, -0.2) is 183 Å². The number of carbonyl (C=O) groups excluding carboxylic acids is 2. The Morgan fingerprint density at radius 2 is 1.66 bits per heavy atom. The first-order valence-corrected chi connectivity index (χ1v) is 22.5. The number of nitrogens with zero attached hydrogens (tertiary/aromatic N) is 3. The van der Waals surface area contributed by atoms with Gasteiger partial charge < -0.3 is 68.7 Å². The molecule has 3 aliphatic heterocycles. The van der Waals surface area contributed by atoms with E-state index >= 15 is 0 Å². The quantitative estimate of drug-likeness (QED) is 0.176. The molecule has 0 bridgehead atoms. The highest BCUT2D eigenvalue weighted by Crippen LogP contribution is 2.40. The lowest BCUT2D eigenvalue weighted by Gasteiger charge is -2.49. The number of aliphatic hydroxyl groups is 5. The molecule has 17 heteroatoms. The molecule has 1 aromatic heterocycles. The summed E-state index contributed by atoms with van der Waals surface area (Å²) in [5.74, 6) is -2.99. The molecule has 3 aliphatic rings. The van der Waals surface area contributed by atoms with E-state index in [1.54, 1.807) is 78.4 Å². The molecule has 358 valence electrons. The van der Waals surface area contributed by atoms with Gasteiger partial charge in [-0.15, -0.1) is 0 Å². The molecule has 3 saturated heterocycles. The van der Waals surface area contributed by atoms with Gasteiger partial charge in [0.15, 0.2) is 12.6 Å². The zero-order chi connectivity index (χ0) is 46.6. The van der Waals surface area contributed by atoms with Crippen LogP contribution >= 0.6 is 0 Å². The van der Waals surface area contributed by atoms with Gasteiger partial charge in [0, 0.05) is 64.4 Å². The molecule has 6 N–H and O–H groups in total. The molecule has 0 spiro atoms. The summed E-state index contributed by atoms with van der Waals surface area (Å²) in [5, 5.41) is 62.1. The van der Waals surface area contributed by atoms with Gasteiger partial charge in [-0.05, 0) is 99.9 Å². The molecule has 0 aromatic carbocycles. The van der Waals surface area contributed by atoms with E-state index in [0.29, 0.717) is 31.7 Å². The number of cyclic esters (lactones) is 1. The second-order valence-electron chi connectivity index (χ2n) is 19.4. The highest BCUT2D eigenvalue weighted by Gasteiger charge is 2.53. The van der Waals surface area contributed by atoms with Crippen molar-refractivity contribution >= 4 is 11.9 Å². The molecular weight excluding hydrogens is 805 g/mol. The Morgan fingerprint density at radius 3 is 2.26 bits per heavy atom. The highest BCUT2D eigenvalue weighted by molar-refractivity contribution is 5.92. The van der Waals surface area contributed by atoms with Crippen molar-refractivity contribution in [3.05, 3.63) is 24.0 Å². The van der Waals surface area contributed by atoms with Gasteiger partial charge in [0.1, 0.15) is 35.7 Å². The number of rotatable bonds is 11. The van der Waals surface area contributed by atoms with Gasteiger partial charge in [0.2, 0.25) is 0 Å². The third-order valence-corrected chi connectivity index (χ3v) is 14.0. The number of nitrogens with one attached hydrogen (secondary N) is 1. The molecule has 0 radical (unpaired) electrons. The lowest BCUT2D eigenvalue weighted by Crippen LogP contribution is -2.61. The lowest BCUT2D eigenvalue weighted by atomic mass is 9.77. The SMILES string of the molecule is CC[C@H]1OC(=O)[C@H](C)[C@@H](O[C@H]2C[C@@](C)(OC)[C@@H](O)[C@H](C)O2)[C@H](C)[C@@H](O[C@@H]2O[C@H](C)C[C@H](N(C)CCNC(=O)c3cccn3C)[C@H]2O)[C@](C)(O)C[C@@H](C)CN(C)[C@H](C)[C@@H](O)[C@]1(C)O. The van der Waals surface area contributed by atoms with Gasteiger partial charge in [0.05, 0.1) is 41.5 Å². The van der Waals surface area contributed by atoms with E-state index in [2.05, 4.69) is 5.32 Å². The number of methoxy groups -OCH3 is 1. The van der Waals surface area contributed by atoms with E-state index in [0.717, 1.165) is 0 Å². The Morgan fingerprint density at radius 1 is 1.00 bits per heavy atom. The predicted octanol–water partition coefficient (Wildman–Crippen LogP) is 2.04. The van der Waals surface area contributed by atoms with Gasteiger partial charge in [-0.3, -0.25) is 14.5 Å². The fourth-order valence-electron chi connectivity index (χ4n) is 9.96. The second kappa shape index (κ2) is 21.4. The number of likely N-dealkylation sites (N-methyl/N-ethyl adjacent to an activating group) is 2. The third kappa shape index (κ3) is 11.9. The van der Waals surface area contributed by atoms with Crippen molar-refractivity contribution in [1.29, 1.82) is 0 Å². The normalized spacial score (nSPS) is 43.4. The molecule has 1 aromatic rings. The van der Waals surface area contributed by atoms with Crippen molar-refractivity contribution in [2.24, 2.45) is 24.8 Å². The first kappa shape index (κ1) is 52.4. The fourth-order valence-corrected chi connectivity index (χ4v) is 9.96. The molecule has 0 aliphatic carbocycles. The Balaban J connectivity index is 1.73. The first-order valence-electron chi connectivity index (χ1n) is 22.5. The Labute approximate surface area is 369 Å².